The van der Waals surface area contributed by atoms with Crippen molar-refractivity contribution in [2.45, 2.75) is 19.9 Å². The third-order valence-corrected chi connectivity index (χ3v) is 5.82. The van der Waals surface area contributed by atoms with Gasteiger partial charge in [0.15, 0.2) is 0 Å². The summed E-state index contributed by atoms with van der Waals surface area (Å²) in [4.78, 5) is 17.4. The van der Waals surface area contributed by atoms with Gasteiger partial charge in [0, 0.05) is 36.5 Å². The normalized spacial score (nSPS) is 12.2. The minimum Gasteiger partial charge on any atom is -0.496 e. The lowest BCUT2D eigenvalue weighted by Gasteiger charge is -2.23. The number of carbonyl (C=O) groups is 1. The average Bonchev–Trinajstić information content (AvgIpc) is 3.43. The van der Waals surface area contributed by atoms with E-state index in [1.807, 2.05) is 36.0 Å². The van der Waals surface area contributed by atoms with Crippen LogP contribution in [0.15, 0.2) is 48.7 Å². The summed E-state index contributed by atoms with van der Waals surface area (Å²) in [5.41, 5.74) is 5.76. The van der Waals surface area contributed by atoms with Gasteiger partial charge in [0.05, 0.1) is 30.8 Å². The summed E-state index contributed by atoms with van der Waals surface area (Å²) < 4.78 is 28.2. The molecule has 2 aromatic carbocycles. The Balaban J connectivity index is 1.77. The van der Waals surface area contributed by atoms with Crippen LogP contribution >= 0.6 is 0 Å². The topological polar surface area (TPSA) is 71.2 Å². The van der Waals surface area contributed by atoms with Gasteiger partial charge < -0.3 is 14.0 Å². The number of hydrogen-bond donors (Lipinski definition) is 0. The highest BCUT2D eigenvalue weighted by molar-refractivity contribution is 5.92. The Morgan fingerprint density at radius 2 is 1.94 bits per heavy atom. The maximum atomic E-state index is 13.6. The van der Waals surface area contributed by atoms with Crippen LogP contribution in [0.4, 0.5) is 4.39 Å². The highest BCUT2D eigenvalue weighted by Crippen LogP contribution is 2.43. The monoisotopic (exact) mass is 446 g/mol. The van der Waals surface area contributed by atoms with Crippen molar-refractivity contribution in [2.75, 3.05) is 13.7 Å². The molecular formula is C25H23FN4O3. The van der Waals surface area contributed by atoms with E-state index in [4.69, 9.17) is 9.47 Å². The number of benzene rings is 2. The number of methoxy groups -OCH3 is 1. The molecule has 33 heavy (non-hydrogen) atoms. The first-order valence-corrected chi connectivity index (χ1v) is 10.7. The zero-order valence-corrected chi connectivity index (χ0v) is 18.6. The first-order valence-electron chi connectivity index (χ1n) is 10.7. The van der Waals surface area contributed by atoms with Gasteiger partial charge in [-0.05, 0) is 61.4 Å². The molecule has 0 fully saturated rings. The van der Waals surface area contributed by atoms with Crippen molar-refractivity contribution in [3.63, 3.8) is 0 Å². The molecule has 168 valence electrons. The SMILES string of the molecule is CCOC(=O)c1nc(-c2ccc(F)cc2)c2n1CCc1cc(OC)c(-c3ccn(C)n3)cc1-2. The van der Waals surface area contributed by atoms with Crippen molar-refractivity contribution >= 4 is 5.97 Å². The van der Waals surface area contributed by atoms with Crippen LogP contribution in [-0.4, -0.2) is 39.0 Å². The van der Waals surface area contributed by atoms with Crippen molar-refractivity contribution < 1.29 is 18.7 Å². The fourth-order valence-electron chi connectivity index (χ4n) is 4.31. The lowest BCUT2D eigenvalue weighted by molar-refractivity contribution is 0.0506. The minimum atomic E-state index is -0.478. The van der Waals surface area contributed by atoms with E-state index in [9.17, 15) is 9.18 Å². The Kier molecular flexibility index (Phi) is 5.20. The van der Waals surface area contributed by atoms with E-state index in [2.05, 4.69) is 10.1 Å². The summed E-state index contributed by atoms with van der Waals surface area (Å²) in [6.07, 6.45) is 2.58. The second kappa shape index (κ2) is 8.20. The first kappa shape index (κ1) is 20.9. The number of nitrogens with zero attached hydrogens (tertiary/aromatic N) is 4. The van der Waals surface area contributed by atoms with Crippen LogP contribution in [0.2, 0.25) is 0 Å². The second-order valence-electron chi connectivity index (χ2n) is 7.85. The Labute approximate surface area is 190 Å². The molecule has 0 bridgehead atoms. The third-order valence-electron chi connectivity index (χ3n) is 5.82. The van der Waals surface area contributed by atoms with E-state index in [0.29, 0.717) is 18.7 Å². The van der Waals surface area contributed by atoms with Gasteiger partial charge in [0.25, 0.3) is 0 Å². The Bertz CT molecular complexity index is 1350. The maximum absolute atomic E-state index is 13.6. The molecule has 0 aliphatic carbocycles. The largest absolute Gasteiger partial charge is 0.496 e. The van der Waals surface area contributed by atoms with E-state index >= 15 is 0 Å². The van der Waals surface area contributed by atoms with Crippen molar-refractivity contribution in [1.82, 2.24) is 19.3 Å². The van der Waals surface area contributed by atoms with Crippen molar-refractivity contribution in [3.05, 3.63) is 65.9 Å². The van der Waals surface area contributed by atoms with E-state index in [-0.39, 0.29) is 18.2 Å². The number of aromatic nitrogens is 4. The lowest BCUT2D eigenvalue weighted by Crippen LogP contribution is -2.18. The number of imidazole rings is 1. The molecule has 0 N–H and O–H groups in total. The predicted molar refractivity (Wildman–Crippen MR) is 121 cm³/mol. The molecule has 0 radical (unpaired) electrons. The third kappa shape index (κ3) is 3.57. The summed E-state index contributed by atoms with van der Waals surface area (Å²) in [5, 5.41) is 4.54. The molecule has 0 amide bonds. The molecule has 0 saturated carbocycles. The van der Waals surface area contributed by atoms with Gasteiger partial charge in [-0.25, -0.2) is 14.2 Å². The summed E-state index contributed by atoms with van der Waals surface area (Å²) in [7, 11) is 3.51. The fourth-order valence-corrected chi connectivity index (χ4v) is 4.31. The highest BCUT2D eigenvalue weighted by atomic mass is 19.1. The molecule has 0 atom stereocenters. The molecule has 1 aliphatic rings. The van der Waals surface area contributed by atoms with Gasteiger partial charge >= 0.3 is 5.97 Å². The molecule has 5 rings (SSSR count). The van der Waals surface area contributed by atoms with Gasteiger partial charge in [0.1, 0.15) is 11.6 Å². The number of aryl methyl sites for hydroxylation is 2. The lowest BCUT2D eigenvalue weighted by atomic mass is 9.92. The molecular weight excluding hydrogens is 423 g/mol. The summed E-state index contributed by atoms with van der Waals surface area (Å²) in [5.74, 6) is 0.162. The molecule has 8 heteroatoms. The Morgan fingerprint density at radius 1 is 1.15 bits per heavy atom. The average molecular weight is 446 g/mol. The smallest absolute Gasteiger partial charge is 0.374 e. The zero-order valence-electron chi connectivity index (χ0n) is 18.6. The number of halogens is 1. The Morgan fingerprint density at radius 3 is 2.61 bits per heavy atom. The standard InChI is InChI=1S/C25H23FN4O3/c1-4-33-25(31)24-27-22(15-5-7-17(26)8-6-15)23-18-14-19(20-10-11-29(2)28-20)21(32-3)13-16(18)9-12-30(23)24/h5-8,10-11,13-14H,4,9,12H2,1-3H3. The first-order chi connectivity index (χ1) is 16.0. The van der Waals surface area contributed by atoms with Gasteiger partial charge in [-0.15, -0.1) is 0 Å². The van der Waals surface area contributed by atoms with Gasteiger partial charge in [-0.3, -0.25) is 4.68 Å². The number of ether oxygens (including phenoxy) is 2. The van der Waals surface area contributed by atoms with Crippen LogP contribution in [0.1, 0.15) is 23.1 Å². The van der Waals surface area contributed by atoms with E-state index in [1.165, 1.54) is 12.1 Å². The van der Waals surface area contributed by atoms with Crippen molar-refractivity contribution in [2.24, 2.45) is 7.05 Å². The summed E-state index contributed by atoms with van der Waals surface area (Å²) >= 11 is 0. The molecule has 0 spiro atoms. The van der Waals surface area contributed by atoms with Gasteiger partial charge in [-0.2, -0.15) is 5.10 Å². The molecule has 4 aromatic rings. The van der Waals surface area contributed by atoms with Crippen molar-refractivity contribution in [1.29, 1.82) is 0 Å². The molecule has 1 aliphatic heterocycles. The molecule has 0 unspecified atom stereocenters. The quantitative estimate of drug-likeness (QED) is 0.422. The fraction of sp³-hybridized carbons (Fsp3) is 0.240. The minimum absolute atomic E-state index is 0.243. The molecule has 7 nitrogen and oxygen atoms in total. The predicted octanol–water partition coefficient (Wildman–Crippen LogP) is 4.50. The Hall–Kier alpha value is -3.94. The highest BCUT2D eigenvalue weighted by Gasteiger charge is 2.30. The number of rotatable bonds is 5. The number of fused-ring (bicyclic) bond motifs is 3. The van der Waals surface area contributed by atoms with Crippen molar-refractivity contribution in [3.8, 4) is 39.5 Å². The second-order valence-corrected chi connectivity index (χ2v) is 7.85. The summed E-state index contributed by atoms with van der Waals surface area (Å²) in [6, 6.07) is 12.1. The van der Waals surface area contributed by atoms with Crippen LogP contribution in [0.3, 0.4) is 0 Å². The van der Waals surface area contributed by atoms with Crippen LogP contribution in [0.25, 0.3) is 33.8 Å². The van der Waals surface area contributed by atoms with E-state index < -0.39 is 5.97 Å². The van der Waals surface area contributed by atoms with E-state index in [1.54, 1.807) is 30.8 Å². The maximum Gasteiger partial charge on any atom is 0.374 e. The van der Waals surface area contributed by atoms with Crippen LogP contribution in [0, 0.1) is 5.82 Å². The van der Waals surface area contributed by atoms with Gasteiger partial charge in [0.2, 0.25) is 5.82 Å². The molecule has 0 saturated heterocycles. The van der Waals surface area contributed by atoms with Crippen LogP contribution in [-0.2, 0) is 24.8 Å². The molecule has 3 heterocycles. The number of esters is 1. The van der Waals surface area contributed by atoms with Crippen LogP contribution < -0.4 is 4.74 Å². The number of hydrogen-bond acceptors (Lipinski definition) is 5. The molecule has 2 aromatic heterocycles. The number of carbonyl (C=O) groups excluding carboxylic acids is 1. The summed E-state index contributed by atoms with van der Waals surface area (Å²) in [6.45, 7) is 2.58. The van der Waals surface area contributed by atoms with Gasteiger partial charge in [-0.1, -0.05) is 0 Å². The van der Waals surface area contributed by atoms with E-state index in [0.717, 1.165) is 39.4 Å². The van der Waals surface area contributed by atoms with Crippen LogP contribution in [0.5, 0.6) is 5.75 Å². The zero-order chi connectivity index (χ0) is 23.1.